The molecule has 0 aliphatic carbocycles. The highest BCUT2D eigenvalue weighted by Crippen LogP contribution is 2.36. The van der Waals surface area contributed by atoms with E-state index in [2.05, 4.69) is 4.98 Å². The van der Waals surface area contributed by atoms with Crippen LogP contribution in [0.2, 0.25) is 5.02 Å². The van der Waals surface area contributed by atoms with E-state index >= 15 is 0 Å². The first-order chi connectivity index (χ1) is 16.9. The predicted octanol–water partition coefficient (Wildman–Crippen LogP) is 5.22. The van der Waals surface area contributed by atoms with Gasteiger partial charge in [0.15, 0.2) is 0 Å². The first kappa shape index (κ1) is 27.3. The van der Waals surface area contributed by atoms with E-state index in [-0.39, 0.29) is 18.8 Å². The molecule has 1 unspecified atom stereocenters. The molecule has 194 valence electrons. The number of hydrogen-bond donors (Lipinski definition) is 0. The van der Waals surface area contributed by atoms with Gasteiger partial charge in [-0.25, -0.2) is 18.6 Å². The van der Waals surface area contributed by atoms with Crippen LogP contribution in [0.3, 0.4) is 0 Å². The number of halogens is 3. The van der Waals surface area contributed by atoms with E-state index in [9.17, 15) is 18.4 Å². The van der Waals surface area contributed by atoms with Crippen LogP contribution in [0.15, 0.2) is 47.8 Å². The Morgan fingerprint density at radius 2 is 1.86 bits per heavy atom. The second kappa shape index (κ2) is 11.2. The highest BCUT2D eigenvalue weighted by atomic mass is 35.5. The Kier molecular flexibility index (Phi) is 8.52. The Labute approximate surface area is 212 Å². The molecule has 3 rings (SSSR count). The summed E-state index contributed by atoms with van der Waals surface area (Å²) in [4.78, 5) is 30.0. The van der Waals surface area contributed by atoms with Crippen molar-refractivity contribution < 1.29 is 27.8 Å². The lowest BCUT2D eigenvalue weighted by molar-refractivity contribution is -0.159. The number of benzene rings is 1. The molecule has 11 heteroatoms. The number of alkyl halides is 2. The average Bonchev–Trinajstić information content (AvgIpc) is 3.29. The molecule has 1 atom stereocenters. The first-order valence-electron chi connectivity index (χ1n) is 11.1. The van der Waals surface area contributed by atoms with Crippen LogP contribution < -0.4 is 10.3 Å². The van der Waals surface area contributed by atoms with E-state index < -0.39 is 35.3 Å². The number of imidazole rings is 1. The minimum absolute atomic E-state index is 0.196. The van der Waals surface area contributed by atoms with Gasteiger partial charge in [-0.1, -0.05) is 11.6 Å². The van der Waals surface area contributed by atoms with Gasteiger partial charge in [0.05, 0.1) is 25.3 Å². The Bertz CT molecular complexity index is 1280. The van der Waals surface area contributed by atoms with Gasteiger partial charge in [-0.3, -0.25) is 9.36 Å². The Hall–Kier alpha value is -3.24. The third kappa shape index (κ3) is 6.30. The molecule has 0 bridgehead atoms. The van der Waals surface area contributed by atoms with E-state index in [4.69, 9.17) is 25.8 Å². The molecule has 0 radical (unpaired) electrons. The van der Waals surface area contributed by atoms with Crippen LogP contribution >= 0.6 is 11.6 Å². The SMILES string of the molecule is COCCC(C(=O)OC(C)(C)C)n1cc(OC)c(-c2cc(Cl)ccc2-n2cnc(C(F)F)c2)cc1=O. The molecule has 8 nitrogen and oxygen atoms in total. The quantitative estimate of drug-likeness (QED) is 0.357. The van der Waals surface area contributed by atoms with Crippen molar-refractivity contribution in [3.05, 3.63) is 64.1 Å². The number of methoxy groups -OCH3 is 2. The Morgan fingerprint density at radius 1 is 1.14 bits per heavy atom. The molecule has 1 aromatic carbocycles. The molecule has 0 aliphatic heterocycles. The molecule has 36 heavy (non-hydrogen) atoms. The summed E-state index contributed by atoms with van der Waals surface area (Å²) < 4.78 is 45.1. The van der Waals surface area contributed by atoms with Crippen molar-refractivity contribution in [2.75, 3.05) is 20.8 Å². The number of carbonyl (C=O) groups is 1. The van der Waals surface area contributed by atoms with Crippen molar-refractivity contribution in [3.63, 3.8) is 0 Å². The van der Waals surface area contributed by atoms with Crippen LogP contribution in [0.1, 0.15) is 45.4 Å². The molecular formula is C25H28ClF2N3O5. The van der Waals surface area contributed by atoms with Gasteiger partial charge in [-0.05, 0) is 39.0 Å². The zero-order valence-corrected chi connectivity index (χ0v) is 21.4. The predicted molar refractivity (Wildman–Crippen MR) is 131 cm³/mol. The van der Waals surface area contributed by atoms with Crippen LogP contribution in [0, 0.1) is 0 Å². The fraction of sp³-hybridized carbons (Fsp3) is 0.400. The number of aromatic nitrogens is 3. The second-order valence-corrected chi connectivity index (χ2v) is 9.44. The molecule has 0 N–H and O–H groups in total. The summed E-state index contributed by atoms with van der Waals surface area (Å²) in [6, 6.07) is 5.17. The summed E-state index contributed by atoms with van der Waals surface area (Å²) in [6.07, 6.45) is 1.34. The van der Waals surface area contributed by atoms with Gasteiger partial charge in [0, 0.05) is 48.6 Å². The van der Waals surface area contributed by atoms with Gasteiger partial charge in [0.2, 0.25) is 0 Å². The van der Waals surface area contributed by atoms with Gasteiger partial charge in [-0.15, -0.1) is 0 Å². The van der Waals surface area contributed by atoms with Crippen molar-refractivity contribution in [2.45, 2.75) is 45.3 Å². The van der Waals surface area contributed by atoms with Crippen LogP contribution in [0.25, 0.3) is 16.8 Å². The van der Waals surface area contributed by atoms with Gasteiger partial charge in [0.25, 0.3) is 12.0 Å². The molecule has 0 fully saturated rings. The van der Waals surface area contributed by atoms with Crippen LogP contribution in [-0.2, 0) is 14.3 Å². The number of rotatable bonds is 9. The molecular weight excluding hydrogens is 496 g/mol. The average molecular weight is 524 g/mol. The zero-order chi connectivity index (χ0) is 26.6. The zero-order valence-electron chi connectivity index (χ0n) is 20.6. The van der Waals surface area contributed by atoms with E-state index in [1.807, 2.05) is 0 Å². The molecule has 0 aliphatic rings. The number of hydrogen-bond acceptors (Lipinski definition) is 6. The highest BCUT2D eigenvalue weighted by molar-refractivity contribution is 6.31. The van der Waals surface area contributed by atoms with Crippen molar-refractivity contribution >= 4 is 17.6 Å². The fourth-order valence-electron chi connectivity index (χ4n) is 3.65. The molecule has 0 saturated heterocycles. The lowest BCUT2D eigenvalue weighted by Crippen LogP contribution is -2.35. The highest BCUT2D eigenvalue weighted by Gasteiger charge is 2.28. The molecule has 3 aromatic rings. The van der Waals surface area contributed by atoms with Crippen LogP contribution in [0.4, 0.5) is 8.78 Å². The van der Waals surface area contributed by atoms with Gasteiger partial charge in [0.1, 0.15) is 23.1 Å². The van der Waals surface area contributed by atoms with Crippen LogP contribution in [-0.4, -0.2) is 46.5 Å². The van der Waals surface area contributed by atoms with Crippen LogP contribution in [0.5, 0.6) is 5.75 Å². The molecule has 0 saturated carbocycles. The third-order valence-corrected chi connectivity index (χ3v) is 5.46. The van der Waals surface area contributed by atoms with E-state index in [0.29, 0.717) is 21.8 Å². The number of carbonyl (C=O) groups excluding carboxylic acids is 1. The standard InChI is InChI=1S/C25H28ClF2N3O5/c1-25(2,3)36-24(33)20(8-9-34-4)31-13-21(35-5)17(11-22(31)32)16-10-15(26)6-7-19(16)30-12-18(23(27)28)29-14-30/h6-7,10-14,20,23H,8-9H2,1-5H3. The summed E-state index contributed by atoms with van der Waals surface area (Å²) in [7, 11) is 2.91. The number of nitrogens with zero attached hydrogens (tertiary/aromatic N) is 3. The van der Waals surface area contributed by atoms with Crippen molar-refractivity contribution in [1.29, 1.82) is 0 Å². The molecule has 0 amide bonds. The minimum Gasteiger partial charge on any atom is -0.495 e. The van der Waals surface area contributed by atoms with Gasteiger partial charge < -0.3 is 18.8 Å². The summed E-state index contributed by atoms with van der Waals surface area (Å²) in [6.45, 7) is 5.43. The lowest BCUT2D eigenvalue weighted by Gasteiger charge is -2.25. The first-order valence-corrected chi connectivity index (χ1v) is 11.5. The van der Waals surface area contributed by atoms with Gasteiger partial charge >= 0.3 is 5.97 Å². The minimum atomic E-state index is -2.74. The second-order valence-electron chi connectivity index (χ2n) is 9.00. The largest absolute Gasteiger partial charge is 0.495 e. The summed E-state index contributed by atoms with van der Waals surface area (Å²) in [5, 5.41) is 0.362. The molecule has 2 heterocycles. The van der Waals surface area contributed by atoms with E-state index in [1.54, 1.807) is 39.0 Å². The maximum absolute atomic E-state index is 13.3. The maximum atomic E-state index is 13.3. The van der Waals surface area contributed by atoms with E-state index in [1.165, 1.54) is 48.1 Å². The number of pyridine rings is 1. The van der Waals surface area contributed by atoms with Crippen molar-refractivity contribution in [3.8, 4) is 22.6 Å². The number of esters is 1. The maximum Gasteiger partial charge on any atom is 0.329 e. The summed E-state index contributed by atoms with van der Waals surface area (Å²) >= 11 is 6.24. The Morgan fingerprint density at radius 3 is 2.44 bits per heavy atom. The van der Waals surface area contributed by atoms with Crippen molar-refractivity contribution in [2.24, 2.45) is 0 Å². The number of ether oxygens (including phenoxy) is 3. The summed E-state index contributed by atoms with van der Waals surface area (Å²) in [5.41, 5.74) is -0.379. The smallest absolute Gasteiger partial charge is 0.329 e. The van der Waals surface area contributed by atoms with Crippen molar-refractivity contribution in [1.82, 2.24) is 14.1 Å². The van der Waals surface area contributed by atoms with E-state index in [0.717, 1.165) is 0 Å². The monoisotopic (exact) mass is 523 g/mol. The molecule has 0 spiro atoms. The topological polar surface area (TPSA) is 84.6 Å². The molecule has 2 aromatic heterocycles. The third-order valence-electron chi connectivity index (χ3n) is 5.23. The Balaban J connectivity index is 2.15. The normalized spacial score (nSPS) is 12.6. The lowest BCUT2D eigenvalue weighted by atomic mass is 10.0. The van der Waals surface area contributed by atoms with Gasteiger partial charge in [-0.2, -0.15) is 0 Å². The summed E-state index contributed by atoms with van der Waals surface area (Å²) in [5.74, 6) is -0.323. The fourth-order valence-corrected chi connectivity index (χ4v) is 3.82.